The lowest BCUT2D eigenvalue weighted by molar-refractivity contribution is 0.132. The Balaban J connectivity index is 1.76. The van der Waals surface area contributed by atoms with E-state index in [1.807, 2.05) is 11.3 Å². The molecule has 1 aromatic carbocycles. The molecule has 0 aliphatic carbocycles. The van der Waals surface area contributed by atoms with Crippen molar-refractivity contribution in [1.29, 1.82) is 0 Å². The molecule has 21 heavy (non-hydrogen) atoms. The van der Waals surface area contributed by atoms with Crippen LogP contribution in [-0.4, -0.2) is 24.5 Å². The molecule has 1 aliphatic heterocycles. The minimum atomic E-state index is 0.392. The lowest BCUT2D eigenvalue weighted by Gasteiger charge is -2.37. The Bertz CT molecular complexity index is 569. The molecule has 0 spiro atoms. The number of nitrogens with zero attached hydrogens (tertiary/aromatic N) is 1. The van der Waals surface area contributed by atoms with Gasteiger partial charge in [0, 0.05) is 17.3 Å². The van der Waals surface area contributed by atoms with Gasteiger partial charge in [0.15, 0.2) is 0 Å². The van der Waals surface area contributed by atoms with Gasteiger partial charge in [0.1, 0.15) is 0 Å². The van der Waals surface area contributed by atoms with E-state index in [0.29, 0.717) is 6.04 Å². The number of thiophene rings is 1. The molecule has 2 N–H and O–H groups in total. The third kappa shape index (κ3) is 3.15. The van der Waals surface area contributed by atoms with Crippen LogP contribution < -0.4 is 5.73 Å². The highest BCUT2D eigenvalue weighted by atomic mass is 32.1. The number of nitrogens with two attached hydrogens (primary N) is 1. The molecular weight excluding hydrogens is 276 g/mol. The van der Waals surface area contributed by atoms with E-state index >= 15 is 0 Å². The van der Waals surface area contributed by atoms with E-state index in [2.05, 4.69) is 41.5 Å². The molecule has 0 bridgehead atoms. The van der Waals surface area contributed by atoms with Gasteiger partial charge in [0.2, 0.25) is 0 Å². The Morgan fingerprint density at radius 2 is 2.05 bits per heavy atom. The van der Waals surface area contributed by atoms with E-state index < -0.39 is 0 Å². The van der Waals surface area contributed by atoms with Crippen LogP contribution in [0.3, 0.4) is 0 Å². The minimum absolute atomic E-state index is 0.392. The predicted octanol–water partition coefficient (Wildman–Crippen LogP) is 4.41. The van der Waals surface area contributed by atoms with Crippen molar-refractivity contribution in [3.8, 4) is 0 Å². The number of piperidine rings is 1. The first-order valence-corrected chi connectivity index (χ1v) is 9.11. The second-order valence-corrected chi connectivity index (χ2v) is 7.12. The second-order valence-electron chi connectivity index (χ2n) is 6.21. The fourth-order valence-electron chi connectivity index (χ4n) is 3.69. The largest absolute Gasteiger partial charge is 0.329 e. The van der Waals surface area contributed by atoms with Crippen LogP contribution in [0.4, 0.5) is 0 Å². The number of rotatable bonds is 5. The van der Waals surface area contributed by atoms with Gasteiger partial charge < -0.3 is 5.73 Å². The zero-order chi connectivity index (χ0) is 14.7. The molecule has 1 aliphatic rings. The topological polar surface area (TPSA) is 29.3 Å². The standard InChI is InChI=1S/C18H26N2S/c1-2-5-14-8-10-20(11-9-14)17(12-19)16-13-21-18-7-4-3-6-15(16)18/h3-4,6-7,13-14,17H,2,5,8-12,19H2,1H3. The molecule has 114 valence electrons. The third-order valence-corrected chi connectivity index (χ3v) is 5.86. The summed E-state index contributed by atoms with van der Waals surface area (Å²) in [6.45, 7) is 5.43. The first-order chi connectivity index (χ1) is 10.3. The van der Waals surface area contributed by atoms with Gasteiger partial charge in [0.05, 0.1) is 0 Å². The van der Waals surface area contributed by atoms with Gasteiger partial charge >= 0.3 is 0 Å². The average molecular weight is 302 g/mol. The van der Waals surface area contributed by atoms with Crippen LogP contribution in [0, 0.1) is 5.92 Å². The van der Waals surface area contributed by atoms with E-state index in [0.717, 1.165) is 12.5 Å². The van der Waals surface area contributed by atoms with E-state index in [1.54, 1.807) is 0 Å². The van der Waals surface area contributed by atoms with Crippen molar-refractivity contribution in [1.82, 2.24) is 4.90 Å². The van der Waals surface area contributed by atoms with Crippen LogP contribution in [-0.2, 0) is 0 Å². The smallest absolute Gasteiger partial charge is 0.0484 e. The van der Waals surface area contributed by atoms with Gasteiger partial charge in [-0.1, -0.05) is 38.0 Å². The Morgan fingerprint density at radius 1 is 1.29 bits per heavy atom. The lowest BCUT2D eigenvalue weighted by atomic mass is 9.91. The first-order valence-electron chi connectivity index (χ1n) is 8.23. The van der Waals surface area contributed by atoms with Crippen LogP contribution in [0.2, 0.25) is 0 Å². The summed E-state index contributed by atoms with van der Waals surface area (Å²) in [4.78, 5) is 2.61. The monoisotopic (exact) mass is 302 g/mol. The molecule has 0 radical (unpaired) electrons. The van der Waals surface area contributed by atoms with Crippen LogP contribution in [0.25, 0.3) is 10.1 Å². The van der Waals surface area contributed by atoms with Crippen molar-refractivity contribution in [2.24, 2.45) is 11.7 Å². The molecule has 1 saturated heterocycles. The van der Waals surface area contributed by atoms with Crippen molar-refractivity contribution in [2.45, 2.75) is 38.6 Å². The summed E-state index contributed by atoms with van der Waals surface area (Å²) >= 11 is 1.85. The predicted molar refractivity (Wildman–Crippen MR) is 92.8 cm³/mol. The summed E-state index contributed by atoms with van der Waals surface area (Å²) in [6, 6.07) is 9.11. The molecule has 2 heterocycles. The van der Waals surface area contributed by atoms with Gasteiger partial charge in [0.25, 0.3) is 0 Å². The lowest BCUT2D eigenvalue weighted by Crippen LogP contribution is -2.39. The summed E-state index contributed by atoms with van der Waals surface area (Å²) in [6.07, 6.45) is 5.39. The summed E-state index contributed by atoms with van der Waals surface area (Å²) in [5.41, 5.74) is 7.58. The second kappa shape index (κ2) is 6.91. The van der Waals surface area contributed by atoms with E-state index in [-0.39, 0.29) is 0 Å². The minimum Gasteiger partial charge on any atom is -0.329 e. The van der Waals surface area contributed by atoms with Gasteiger partial charge in [-0.2, -0.15) is 0 Å². The molecule has 1 fully saturated rings. The highest BCUT2D eigenvalue weighted by Gasteiger charge is 2.26. The number of likely N-dealkylation sites (tertiary alicyclic amines) is 1. The molecule has 0 amide bonds. The molecular formula is C18H26N2S. The molecule has 3 heteroatoms. The maximum atomic E-state index is 6.14. The number of hydrogen-bond donors (Lipinski definition) is 1. The fourth-order valence-corrected chi connectivity index (χ4v) is 4.70. The molecule has 0 saturated carbocycles. The Labute approximate surface area is 131 Å². The van der Waals surface area contributed by atoms with Crippen molar-refractivity contribution in [3.05, 3.63) is 35.2 Å². The maximum absolute atomic E-state index is 6.14. The van der Waals surface area contributed by atoms with Crippen molar-refractivity contribution < 1.29 is 0 Å². The summed E-state index contributed by atoms with van der Waals surface area (Å²) in [7, 11) is 0. The van der Waals surface area contributed by atoms with Crippen LogP contribution in [0.1, 0.15) is 44.2 Å². The van der Waals surface area contributed by atoms with Crippen LogP contribution in [0.5, 0.6) is 0 Å². The number of hydrogen-bond acceptors (Lipinski definition) is 3. The Morgan fingerprint density at radius 3 is 2.76 bits per heavy atom. The molecule has 1 atom stereocenters. The zero-order valence-electron chi connectivity index (χ0n) is 12.9. The molecule has 2 aromatic rings. The summed E-state index contributed by atoms with van der Waals surface area (Å²) in [5, 5.41) is 3.72. The van der Waals surface area contributed by atoms with Gasteiger partial charge in [-0.15, -0.1) is 11.3 Å². The van der Waals surface area contributed by atoms with Crippen LogP contribution >= 0.6 is 11.3 Å². The first kappa shape index (κ1) is 15.0. The summed E-state index contributed by atoms with van der Waals surface area (Å²) < 4.78 is 1.38. The van der Waals surface area contributed by atoms with Gasteiger partial charge in [-0.05, 0) is 54.2 Å². The van der Waals surface area contributed by atoms with Gasteiger partial charge in [-0.3, -0.25) is 4.90 Å². The van der Waals surface area contributed by atoms with E-state index in [1.165, 1.54) is 54.4 Å². The van der Waals surface area contributed by atoms with Gasteiger partial charge in [-0.25, -0.2) is 0 Å². The normalized spacial score (nSPS) is 19.1. The quantitative estimate of drug-likeness (QED) is 0.886. The SMILES string of the molecule is CCCC1CCN(C(CN)c2csc3ccccc23)CC1. The highest BCUT2D eigenvalue weighted by molar-refractivity contribution is 7.17. The summed E-state index contributed by atoms with van der Waals surface area (Å²) in [5.74, 6) is 0.934. The fraction of sp³-hybridized carbons (Fsp3) is 0.556. The number of fused-ring (bicyclic) bond motifs is 1. The molecule has 3 rings (SSSR count). The van der Waals surface area contributed by atoms with E-state index in [4.69, 9.17) is 5.73 Å². The molecule has 1 unspecified atom stereocenters. The molecule has 2 nitrogen and oxygen atoms in total. The van der Waals surface area contributed by atoms with E-state index in [9.17, 15) is 0 Å². The Hall–Kier alpha value is -0.900. The van der Waals surface area contributed by atoms with Crippen LogP contribution in [0.15, 0.2) is 29.6 Å². The maximum Gasteiger partial charge on any atom is 0.0484 e. The Kier molecular flexibility index (Phi) is 4.94. The number of benzene rings is 1. The third-order valence-electron chi connectivity index (χ3n) is 4.88. The average Bonchev–Trinajstić information content (AvgIpc) is 2.94. The van der Waals surface area contributed by atoms with Crippen molar-refractivity contribution >= 4 is 21.4 Å². The zero-order valence-corrected chi connectivity index (χ0v) is 13.7. The van der Waals surface area contributed by atoms with Crippen molar-refractivity contribution in [2.75, 3.05) is 19.6 Å². The highest BCUT2D eigenvalue weighted by Crippen LogP contribution is 2.35. The molecule has 1 aromatic heterocycles. The van der Waals surface area contributed by atoms with Crippen molar-refractivity contribution in [3.63, 3.8) is 0 Å².